The molecule has 1 rings (SSSR count). The van der Waals surface area contributed by atoms with Crippen LogP contribution in [0.25, 0.3) is 0 Å². The summed E-state index contributed by atoms with van der Waals surface area (Å²) in [6.45, 7) is 7.28. The first-order valence-electron chi connectivity index (χ1n) is 5.84. The molecule has 0 spiro atoms. The highest BCUT2D eigenvalue weighted by molar-refractivity contribution is 9.10. The first kappa shape index (κ1) is 15.0. The van der Waals surface area contributed by atoms with Crippen molar-refractivity contribution in [2.24, 2.45) is 0 Å². The lowest BCUT2D eigenvalue weighted by Crippen LogP contribution is -2.32. The predicted molar refractivity (Wildman–Crippen MR) is 78.6 cm³/mol. The van der Waals surface area contributed by atoms with Crippen molar-refractivity contribution < 1.29 is 0 Å². The number of nitrogens with one attached hydrogen (secondary N) is 1. The Morgan fingerprint density at radius 3 is 2.65 bits per heavy atom. The number of likely N-dealkylation sites (N-methyl/N-ethyl adjacent to an activating group) is 1. The number of hydrogen-bond acceptors (Lipinski definition) is 2. The number of benzene rings is 1. The smallest absolute Gasteiger partial charge is 0.0420 e. The zero-order chi connectivity index (χ0) is 12.8. The Labute approximate surface area is 117 Å². The van der Waals surface area contributed by atoms with Gasteiger partial charge in [0.2, 0.25) is 0 Å². The second kappa shape index (κ2) is 7.37. The first-order valence-corrected chi connectivity index (χ1v) is 7.01. The summed E-state index contributed by atoms with van der Waals surface area (Å²) in [6.07, 6.45) is 0. The van der Waals surface area contributed by atoms with Gasteiger partial charge in [0.15, 0.2) is 0 Å². The molecule has 0 aliphatic carbocycles. The number of halogens is 2. The first-order chi connectivity index (χ1) is 7.97. The van der Waals surface area contributed by atoms with Gasteiger partial charge in [0, 0.05) is 35.2 Å². The fraction of sp³-hybridized carbons (Fsp3) is 0.538. The van der Waals surface area contributed by atoms with Crippen LogP contribution in [-0.2, 0) is 6.54 Å². The van der Waals surface area contributed by atoms with Crippen molar-refractivity contribution in [2.75, 3.05) is 20.1 Å². The van der Waals surface area contributed by atoms with Gasteiger partial charge in [-0.15, -0.1) is 0 Å². The highest BCUT2D eigenvalue weighted by atomic mass is 79.9. The molecule has 0 aromatic heterocycles. The van der Waals surface area contributed by atoms with E-state index in [0.29, 0.717) is 6.04 Å². The van der Waals surface area contributed by atoms with Gasteiger partial charge in [-0.25, -0.2) is 0 Å². The summed E-state index contributed by atoms with van der Waals surface area (Å²) in [5.74, 6) is 0. The van der Waals surface area contributed by atoms with Crippen LogP contribution in [0.5, 0.6) is 0 Å². The fourth-order valence-electron chi connectivity index (χ4n) is 1.64. The predicted octanol–water partition coefficient (Wildman–Crippen LogP) is 3.53. The van der Waals surface area contributed by atoms with Crippen LogP contribution in [0.4, 0.5) is 0 Å². The van der Waals surface area contributed by atoms with Crippen molar-refractivity contribution in [3.05, 3.63) is 33.3 Å². The van der Waals surface area contributed by atoms with Gasteiger partial charge in [0.05, 0.1) is 0 Å². The zero-order valence-corrected chi connectivity index (χ0v) is 13.0. The molecule has 0 saturated heterocycles. The van der Waals surface area contributed by atoms with Crippen LogP contribution in [0.1, 0.15) is 19.4 Å². The van der Waals surface area contributed by atoms with Gasteiger partial charge in [-0.05, 0) is 30.8 Å². The Bertz CT molecular complexity index is 335. The van der Waals surface area contributed by atoms with Crippen molar-refractivity contribution in [3.8, 4) is 0 Å². The average Bonchev–Trinajstić information content (AvgIpc) is 2.14. The Kier molecular flexibility index (Phi) is 6.49. The summed E-state index contributed by atoms with van der Waals surface area (Å²) < 4.78 is 1.04. The van der Waals surface area contributed by atoms with Crippen molar-refractivity contribution in [1.82, 2.24) is 10.2 Å². The summed E-state index contributed by atoms with van der Waals surface area (Å²) >= 11 is 9.48. The molecule has 96 valence electrons. The van der Waals surface area contributed by atoms with Crippen molar-refractivity contribution in [3.63, 3.8) is 0 Å². The molecule has 1 aromatic carbocycles. The molecule has 0 aliphatic heterocycles. The van der Waals surface area contributed by atoms with Gasteiger partial charge >= 0.3 is 0 Å². The lowest BCUT2D eigenvalue weighted by Gasteiger charge is -2.18. The molecule has 0 radical (unpaired) electrons. The van der Waals surface area contributed by atoms with E-state index < -0.39 is 0 Å². The normalized spacial score (nSPS) is 11.5. The average molecular weight is 320 g/mol. The third kappa shape index (κ3) is 6.41. The summed E-state index contributed by atoms with van der Waals surface area (Å²) in [4.78, 5) is 2.29. The maximum Gasteiger partial charge on any atom is 0.0420 e. The lowest BCUT2D eigenvalue weighted by molar-refractivity contribution is 0.320. The molecule has 2 nitrogen and oxygen atoms in total. The molecule has 17 heavy (non-hydrogen) atoms. The Hall–Kier alpha value is -0.0900. The van der Waals surface area contributed by atoms with E-state index in [1.165, 1.54) is 5.56 Å². The molecule has 0 aliphatic rings. The van der Waals surface area contributed by atoms with Crippen LogP contribution in [0.2, 0.25) is 5.02 Å². The Morgan fingerprint density at radius 2 is 2.06 bits per heavy atom. The maximum absolute atomic E-state index is 6.02. The van der Waals surface area contributed by atoms with Crippen molar-refractivity contribution >= 4 is 27.5 Å². The topological polar surface area (TPSA) is 15.3 Å². The highest BCUT2D eigenvalue weighted by Gasteiger charge is 2.03. The van der Waals surface area contributed by atoms with Crippen molar-refractivity contribution in [1.29, 1.82) is 0 Å². The maximum atomic E-state index is 6.02. The van der Waals surface area contributed by atoms with Gasteiger partial charge in [-0.2, -0.15) is 0 Å². The molecular weight excluding hydrogens is 300 g/mol. The van der Waals surface area contributed by atoms with Crippen LogP contribution in [0.3, 0.4) is 0 Å². The van der Waals surface area contributed by atoms with Gasteiger partial charge in [-0.1, -0.05) is 41.4 Å². The summed E-state index contributed by atoms with van der Waals surface area (Å²) in [6, 6.07) is 6.58. The number of hydrogen-bond donors (Lipinski definition) is 1. The van der Waals surface area contributed by atoms with E-state index in [1.54, 1.807) is 0 Å². The van der Waals surface area contributed by atoms with Gasteiger partial charge in [0.25, 0.3) is 0 Å². The zero-order valence-electron chi connectivity index (χ0n) is 10.6. The minimum atomic E-state index is 0.545. The molecule has 0 fully saturated rings. The van der Waals surface area contributed by atoms with Gasteiger partial charge in [-0.3, -0.25) is 0 Å². The molecule has 0 bridgehead atoms. The Balaban J connectivity index is 2.42. The standard InChI is InChI=1S/C13H20BrClN2/c1-10(2)16-4-5-17(3)9-11-6-12(14)8-13(15)7-11/h6-8,10,16H,4-5,9H2,1-3H3. The molecule has 0 saturated carbocycles. The minimum Gasteiger partial charge on any atom is -0.313 e. The molecule has 1 aromatic rings. The quantitative estimate of drug-likeness (QED) is 0.863. The van der Waals surface area contributed by atoms with Crippen LogP contribution in [0, 0.1) is 0 Å². The molecule has 0 unspecified atom stereocenters. The molecule has 0 atom stereocenters. The minimum absolute atomic E-state index is 0.545. The summed E-state index contributed by atoms with van der Waals surface area (Å²) in [7, 11) is 2.12. The van der Waals surface area contributed by atoms with Crippen LogP contribution in [-0.4, -0.2) is 31.1 Å². The molecular formula is C13H20BrClN2. The lowest BCUT2D eigenvalue weighted by atomic mass is 10.2. The van der Waals surface area contributed by atoms with E-state index in [4.69, 9.17) is 11.6 Å². The largest absolute Gasteiger partial charge is 0.313 e. The Morgan fingerprint density at radius 1 is 1.35 bits per heavy atom. The second-order valence-electron chi connectivity index (χ2n) is 4.62. The molecule has 0 amide bonds. The van der Waals surface area contributed by atoms with E-state index >= 15 is 0 Å². The summed E-state index contributed by atoms with van der Waals surface area (Å²) in [5.41, 5.74) is 1.23. The van der Waals surface area contributed by atoms with E-state index in [2.05, 4.69) is 53.1 Å². The number of rotatable bonds is 6. The SMILES string of the molecule is CC(C)NCCN(C)Cc1cc(Cl)cc(Br)c1. The second-order valence-corrected chi connectivity index (χ2v) is 5.98. The van der Waals surface area contributed by atoms with Gasteiger partial charge in [0.1, 0.15) is 0 Å². The third-order valence-electron chi connectivity index (χ3n) is 2.42. The summed E-state index contributed by atoms with van der Waals surface area (Å²) in [5, 5.41) is 4.19. The molecule has 0 heterocycles. The van der Waals surface area contributed by atoms with Crippen LogP contribution < -0.4 is 5.32 Å². The molecule has 4 heteroatoms. The highest BCUT2D eigenvalue weighted by Crippen LogP contribution is 2.20. The van der Waals surface area contributed by atoms with E-state index in [1.807, 2.05) is 12.1 Å². The van der Waals surface area contributed by atoms with Crippen molar-refractivity contribution in [2.45, 2.75) is 26.4 Å². The molecule has 1 N–H and O–H groups in total. The van der Waals surface area contributed by atoms with E-state index in [9.17, 15) is 0 Å². The van der Waals surface area contributed by atoms with E-state index in [0.717, 1.165) is 29.1 Å². The van der Waals surface area contributed by atoms with E-state index in [-0.39, 0.29) is 0 Å². The van der Waals surface area contributed by atoms with Crippen LogP contribution >= 0.6 is 27.5 Å². The third-order valence-corrected chi connectivity index (χ3v) is 3.10. The monoisotopic (exact) mass is 318 g/mol. The number of nitrogens with zero attached hydrogens (tertiary/aromatic N) is 1. The van der Waals surface area contributed by atoms with Gasteiger partial charge < -0.3 is 10.2 Å². The fourth-order valence-corrected chi connectivity index (χ4v) is 2.57. The van der Waals surface area contributed by atoms with Crippen LogP contribution in [0.15, 0.2) is 22.7 Å².